The lowest BCUT2D eigenvalue weighted by Gasteiger charge is -1.87. The van der Waals surface area contributed by atoms with Crippen molar-refractivity contribution in [2.75, 3.05) is 0 Å². The van der Waals surface area contributed by atoms with E-state index in [1.807, 2.05) is 0 Å². The van der Waals surface area contributed by atoms with Crippen LogP contribution in [-0.4, -0.2) is 17.0 Å². The number of hydrogen-bond acceptors (Lipinski definition) is 4. The van der Waals surface area contributed by atoms with Gasteiger partial charge in [0.1, 0.15) is 6.42 Å². The van der Waals surface area contributed by atoms with Gasteiger partial charge < -0.3 is 9.63 Å². The minimum atomic E-state index is -1.30. The Labute approximate surface area is 51.9 Å². The molecule has 9 heavy (non-hydrogen) atoms. The first-order chi connectivity index (χ1) is 4.16. The number of rotatable bonds is 3. The van der Waals surface area contributed by atoms with E-state index in [1.54, 1.807) is 0 Å². The summed E-state index contributed by atoms with van der Waals surface area (Å²) in [6.07, 6.45) is -0.755. The van der Waals surface area contributed by atoms with Gasteiger partial charge in [-0.1, -0.05) is 0 Å². The van der Waals surface area contributed by atoms with E-state index in [0.717, 1.165) is 0 Å². The lowest BCUT2D eigenvalue weighted by atomic mass is 10.5. The maximum atomic E-state index is 10.0. The molecule has 0 aromatic heterocycles. The second-order valence-electron chi connectivity index (χ2n) is 1.11. The fourth-order valence-electron chi connectivity index (χ4n) is 0.197. The average molecular weight is 150 g/mol. The molecule has 0 aromatic carbocycles. The third kappa shape index (κ3) is 4.90. The van der Waals surface area contributed by atoms with Crippen LogP contribution in [0, 0.1) is 0 Å². The SMILES string of the molecule is O=POC(=O)CC(=O)O. The molecule has 0 heterocycles. The molecule has 0 atom stereocenters. The van der Waals surface area contributed by atoms with Crippen molar-refractivity contribution >= 4 is 20.6 Å². The van der Waals surface area contributed by atoms with Gasteiger partial charge in [0.05, 0.1) is 0 Å². The van der Waals surface area contributed by atoms with Gasteiger partial charge in [-0.3, -0.25) is 9.59 Å². The van der Waals surface area contributed by atoms with Crippen LogP contribution in [0.4, 0.5) is 0 Å². The molecule has 0 radical (unpaired) electrons. The Hall–Kier alpha value is -0.960. The van der Waals surface area contributed by atoms with Crippen molar-refractivity contribution in [3.05, 3.63) is 0 Å². The third-order valence-corrected chi connectivity index (χ3v) is 0.713. The van der Waals surface area contributed by atoms with E-state index in [4.69, 9.17) is 5.11 Å². The van der Waals surface area contributed by atoms with Crippen LogP contribution in [0.2, 0.25) is 0 Å². The van der Waals surface area contributed by atoms with E-state index in [9.17, 15) is 14.2 Å². The molecule has 5 nitrogen and oxygen atoms in total. The molecule has 50 valence electrons. The summed E-state index contributed by atoms with van der Waals surface area (Å²) in [5, 5.41) is 7.90. The Morgan fingerprint density at radius 2 is 2.11 bits per heavy atom. The molecular weight excluding hydrogens is 147 g/mol. The highest BCUT2D eigenvalue weighted by Crippen LogP contribution is 1.97. The lowest BCUT2D eigenvalue weighted by molar-refractivity contribution is -0.145. The van der Waals surface area contributed by atoms with Crippen LogP contribution >= 0.6 is 8.69 Å². The maximum absolute atomic E-state index is 10.0. The number of carboxylic acid groups (broad SMARTS) is 1. The third-order valence-electron chi connectivity index (χ3n) is 0.435. The molecule has 0 saturated heterocycles. The Kier molecular flexibility index (Phi) is 3.55. The summed E-state index contributed by atoms with van der Waals surface area (Å²) < 4.78 is 13.2. The lowest BCUT2D eigenvalue weighted by Crippen LogP contribution is -2.05. The van der Waals surface area contributed by atoms with Crippen LogP contribution in [0.25, 0.3) is 0 Å². The summed E-state index contributed by atoms with van der Waals surface area (Å²) in [4.78, 5) is 19.7. The molecule has 0 saturated carbocycles. The van der Waals surface area contributed by atoms with Crippen molar-refractivity contribution < 1.29 is 23.8 Å². The summed E-state index contributed by atoms with van der Waals surface area (Å²) >= 11 is 0. The van der Waals surface area contributed by atoms with E-state index >= 15 is 0 Å². The summed E-state index contributed by atoms with van der Waals surface area (Å²) in [5.41, 5.74) is 0. The Morgan fingerprint density at radius 1 is 1.56 bits per heavy atom. The number of carbonyl (C=O) groups is 2. The predicted molar refractivity (Wildman–Crippen MR) is 26.0 cm³/mol. The predicted octanol–water partition coefficient (Wildman–Crippen LogP) is 0.211. The van der Waals surface area contributed by atoms with Crippen molar-refractivity contribution in [3.63, 3.8) is 0 Å². The highest BCUT2D eigenvalue weighted by Gasteiger charge is 2.07. The topological polar surface area (TPSA) is 80.7 Å². The monoisotopic (exact) mass is 150 g/mol. The molecule has 0 fully saturated rings. The van der Waals surface area contributed by atoms with E-state index in [-0.39, 0.29) is 0 Å². The molecule has 0 bridgehead atoms. The summed E-state index contributed by atoms with van der Waals surface area (Å²) in [7, 11) is -0.818. The minimum Gasteiger partial charge on any atom is -0.481 e. The van der Waals surface area contributed by atoms with Crippen molar-refractivity contribution in [2.24, 2.45) is 0 Å². The standard InChI is InChI=1S/C3H3O5P/c4-2(5)1-3(6)8-9-7/h1H2,(H,4,5). The Morgan fingerprint density at radius 3 is 2.44 bits per heavy atom. The second kappa shape index (κ2) is 3.97. The minimum absolute atomic E-state index is 0.755. The van der Waals surface area contributed by atoms with Gasteiger partial charge in [0.2, 0.25) is 0 Å². The van der Waals surface area contributed by atoms with Gasteiger partial charge in [0.15, 0.2) is 0 Å². The van der Waals surface area contributed by atoms with Gasteiger partial charge in [0.25, 0.3) is 0 Å². The molecule has 0 aliphatic rings. The van der Waals surface area contributed by atoms with Crippen molar-refractivity contribution in [1.29, 1.82) is 0 Å². The summed E-state index contributed by atoms with van der Waals surface area (Å²) in [6, 6.07) is 0. The highest BCUT2D eigenvalue weighted by molar-refractivity contribution is 7.18. The van der Waals surface area contributed by atoms with E-state index in [1.165, 1.54) is 0 Å². The van der Waals surface area contributed by atoms with Crippen LogP contribution in [0.15, 0.2) is 0 Å². The zero-order valence-corrected chi connectivity index (χ0v) is 5.13. The largest absolute Gasteiger partial charge is 0.481 e. The van der Waals surface area contributed by atoms with Crippen molar-refractivity contribution in [1.82, 2.24) is 0 Å². The molecular formula is C3H3O5P. The molecule has 0 aromatic rings. The number of carboxylic acids is 1. The number of hydrogen-bond donors (Lipinski definition) is 1. The molecule has 0 amide bonds. The highest BCUT2D eigenvalue weighted by atomic mass is 31.1. The van der Waals surface area contributed by atoms with Gasteiger partial charge in [0, 0.05) is 0 Å². The fourth-order valence-corrected chi connectivity index (χ4v) is 0.345. The average Bonchev–Trinajstić information content (AvgIpc) is 1.63. The van der Waals surface area contributed by atoms with Crippen molar-refractivity contribution in [3.8, 4) is 0 Å². The van der Waals surface area contributed by atoms with Crippen LogP contribution in [0.3, 0.4) is 0 Å². The molecule has 0 unspecified atom stereocenters. The molecule has 0 spiro atoms. The van der Waals surface area contributed by atoms with Gasteiger partial charge in [-0.2, -0.15) is 0 Å². The first-order valence-corrected chi connectivity index (χ1v) is 2.64. The Bertz CT molecular complexity index is 141. The first-order valence-electron chi connectivity index (χ1n) is 1.91. The quantitative estimate of drug-likeness (QED) is 0.459. The molecule has 0 aliphatic heterocycles. The molecule has 0 aliphatic carbocycles. The molecule has 0 rings (SSSR count). The van der Waals surface area contributed by atoms with E-state index < -0.39 is 27.0 Å². The maximum Gasteiger partial charge on any atom is 0.398 e. The smallest absolute Gasteiger partial charge is 0.398 e. The second-order valence-corrected chi connectivity index (χ2v) is 1.44. The molecule has 1 N–H and O–H groups in total. The van der Waals surface area contributed by atoms with E-state index in [2.05, 4.69) is 4.52 Å². The van der Waals surface area contributed by atoms with Crippen LogP contribution in [0.1, 0.15) is 6.42 Å². The first kappa shape index (κ1) is 8.04. The van der Waals surface area contributed by atoms with Gasteiger partial charge in [-0.05, 0) is 0 Å². The van der Waals surface area contributed by atoms with Gasteiger partial charge in [-0.25, -0.2) is 4.57 Å². The number of carbonyl (C=O) groups excluding carboxylic acids is 1. The fraction of sp³-hybridized carbons (Fsp3) is 0.333. The zero-order valence-electron chi connectivity index (χ0n) is 4.23. The number of aliphatic carboxylic acids is 1. The van der Waals surface area contributed by atoms with Gasteiger partial charge >= 0.3 is 20.6 Å². The van der Waals surface area contributed by atoms with E-state index in [0.29, 0.717) is 0 Å². The van der Waals surface area contributed by atoms with Gasteiger partial charge in [-0.15, -0.1) is 0 Å². The van der Waals surface area contributed by atoms with Crippen molar-refractivity contribution in [2.45, 2.75) is 6.42 Å². The van der Waals surface area contributed by atoms with Crippen LogP contribution in [0.5, 0.6) is 0 Å². The summed E-state index contributed by atoms with van der Waals surface area (Å²) in [5.74, 6) is -2.32. The normalized spacial score (nSPS) is 8.89. The molecule has 6 heteroatoms. The Balaban J connectivity index is 3.50. The zero-order chi connectivity index (χ0) is 7.28. The van der Waals surface area contributed by atoms with Crippen LogP contribution < -0.4 is 0 Å². The summed E-state index contributed by atoms with van der Waals surface area (Å²) in [6.45, 7) is 0. The van der Waals surface area contributed by atoms with Crippen LogP contribution in [-0.2, 0) is 18.7 Å².